The molecule has 1 heterocycles. The largest absolute Gasteiger partial charge is 0.493 e. The Balaban J connectivity index is 2.11. The number of anilines is 1. The van der Waals surface area contributed by atoms with Gasteiger partial charge >= 0.3 is 0 Å². The van der Waals surface area contributed by atoms with Gasteiger partial charge in [-0.2, -0.15) is 0 Å². The van der Waals surface area contributed by atoms with Crippen molar-refractivity contribution < 1.29 is 14.0 Å². The second-order valence-electron chi connectivity index (χ2n) is 5.03. The van der Waals surface area contributed by atoms with Crippen LogP contribution in [0.5, 0.6) is 11.5 Å². The summed E-state index contributed by atoms with van der Waals surface area (Å²) in [5.74, 6) is 2.72. The summed E-state index contributed by atoms with van der Waals surface area (Å²) in [6.07, 6.45) is 0.844. The van der Waals surface area contributed by atoms with E-state index >= 15 is 0 Å². The third kappa shape index (κ3) is 4.65. The van der Waals surface area contributed by atoms with Crippen molar-refractivity contribution in [2.45, 2.75) is 26.8 Å². The van der Waals surface area contributed by atoms with Crippen molar-refractivity contribution in [1.29, 1.82) is 0 Å². The van der Waals surface area contributed by atoms with Gasteiger partial charge in [0.1, 0.15) is 6.54 Å². The zero-order valence-electron chi connectivity index (χ0n) is 14.5. The molecule has 7 heteroatoms. The molecule has 0 aliphatic rings. The summed E-state index contributed by atoms with van der Waals surface area (Å²) in [7, 11) is 3.22. The minimum atomic E-state index is 0.412. The maximum absolute atomic E-state index is 5.31. The highest BCUT2D eigenvalue weighted by Gasteiger charge is 2.07. The van der Waals surface area contributed by atoms with Gasteiger partial charge in [-0.3, -0.25) is 0 Å². The van der Waals surface area contributed by atoms with Gasteiger partial charge in [-0.05, 0) is 25.5 Å². The summed E-state index contributed by atoms with van der Waals surface area (Å²) in [6.45, 7) is 5.20. The molecular formula is C17H24N4O3. The molecule has 0 atom stereocenters. The summed E-state index contributed by atoms with van der Waals surface area (Å²) < 4.78 is 15.8. The van der Waals surface area contributed by atoms with Gasteiger partial charge in [0.25, 0.3) is 0 Å². The van der Waals surface area contributed by atoms with Crippen LogP contribution < -0.4 is 20.1 Å². The highest BCUT2D eigenvalue weighted by Crippen LogP contribution is 2.29. The number of benzene rings is 1. The predicted octanol–water partition coefficient (Wildman–Crippen LogP) is 2.83. The molecule has 0 radical (unpaired) electrons. The van der Waals surface area contributed by atoms with Gasteiger partial charge in [0.15, 0.2) is 23.2 Å². The fourth-order valence-corrected chi connectivity index (χ4v) is 2.11. The number of aromatic nitrogens is 1. The van der Waals surface area contributed by atoms with E-state index in [1.54, 1.807) is 14.2 Å². The van der Waals surface area contributed by atoms with Gasteiger partial charge in [-0.25, -0.2) is 4.99 Å². The Hall–Kier alpha value is -2.70. The van der Waals surface area contributed by atoms with Crippen LogP contribution in [-0.4, -0.2) is 31.9 Å². The van der Waals surface area contributed by atoms with Crippen molar-refractivity contribution in [3.05, 3.63) is 35.7 Å². The molecule has 0 bridgehead atoms. The van der Waals surface area contributed by atoms with Gasteiger partial charge in [0.2, 0.25) is 0 Å². The molecule has 0 spiro atoms. The van der Waals surface area contributed by atoms with Gasteiger partial charge in [0.05, 0.1) is 19.9 Å². The van der Waals surface area contributed by atoms with Crippen LogP contribution in [0.15, 0.2) is 33.8 Å². The number of aryl methyl sites for hydroxylation is 1. The molecule has 7 nitrogen and oxygen atoms in total. The molecule has 0 fully saturated rings. The number of nitrogens with one attached hydrogen (secondary N) is 2. The van der Waals surface area contributed by atoms with Crippen molar-refractivity contribution in [3.8, 4) is 11.5 Å². The van der Waals surface area contributed by atoms with E-state index in [2.05, 4.69) is 20.8 Å². The van der Waals surface area contributed by atoms with Crippen molar-refractivity contribution in [1.82, 2.24) is 10.5 Å². The Morgan fingerprint density at radius 2 is 1.96 bits per heavy atom. The monoisotopic (exact) mass is 332 g/mol. The molecule has 0 saturated carbocycles. The topological polar surface area (TPSA) is 80.9 Å². The third-order valence-electron chi connectivity index (χ3n) is 3.35. The Bertz CT molecular complexity index is 682. The average molecular weight is 332 g/mol. The van der Waals surface area contributed by atoms with Crippen LogP contribution in [0.2, 0.25) is 0 Å². The molecule has 0 unspecified atom stereocenters. The molecule has 24 heavy (non-hydrogen) atoms. The number of aliphatic imine (C=N–C) groups is 1. The lowest BCUT2D eigenvalue weighted by atomic mass is 10.2. The number of nitrogens with zero attached hydrogens (tertiary/aromatic N) is 2. The fraction of sp³-hybridized carbons (Fsp3) is 0.412. The van der Waals surface area contributed by atoms with E-state index in [4.69, 9.17) is 14.0 Å². The molecule has 0 amide bonds. The Morgan fingerprint density at radius 1 is 1.17 bits per heavy atom. The lowest BCUT2D eigenvalue weighted by Gasteiger charge is -2.13. The minimum Gasteiger partial charge on any atom is -0.493 e. The number of ether oxygens (including phenoxy) is 2. The van der Waals surface area contributed by atoms with Crippen LogP contribution in [-0.2, 0) is 13.0 Å². The quantitative estimate of drug-likeness (QED) is 0.599. The molecule has 2 rings (SSSR count). The van der Waals surface area contributed by atoms with E-state index < -0.39 is 0 Å². The summed E-state index contributed by atoms with van der Waals surface area (Å²) in [6, 6.07) is 7.52. The lowest BCUT2D eigenvalue weighted by Crippen LogP contribution is -2.30. The van der Waals surface area contributed by atoms with E-state index in [1.165, 1.54) is 0 Å². The number of hydrogen-bond acceptors (Lipinski definition) is 5. The first-order valence-electron chi connectivity index (χ1n) is 7.92. The highest BCUT2D eigenvalue weighted by molar-refractivity contribution is 5.93. The lowest BCUT2D eigenvalue weighted by molar-refractivity contribution is 0.355. The first kappa shape index (κ1) is 17.7. The molecule has 0 aliphatic carbocycles. The first-order chi connectivity index (χ1) is 11.7. The SMILES string of the molecule is CCNC(=NCc1cc(CC)no1)Nc1ccc(OC)c(OC)c1. The summed E-state index contributed by atoms with van der Waals surface area (Å²) in [5.41, 5.74) is 1.78. The van der Waals surface area contributed by atoms with Gasteiger partial charge < -0.3 is 24.6 Å². The van der Waals surface area contributed by atoms with E-state index in [-0.39, 0.29) is 0 Å². The van der Waals surface area contributed by atoms with E-state index in [0.717, 1.165) is 30.1 Å². The maximum Gasteiger partial charge on any atom is 0.196 e. The Morgan fingerprint density at radius 3 is 2.58 bits per heavy atom. The van der Waals surface area contributed by atoms with Gasteiger partial charge in [-0.15, -0.1) is 0 Å². The van der Waals surface area contributed by atoms with Crippen molar-refractivity contribution in [3.63, 3.8) is 0 Å². The van der Waals surface area contributed by atoms with Crippen LogP contribution in [0.3, 0.4) is 0 Å². The Kier molecular flexibility index (Phi) is 6.48. The van der Waals surface area contributed by atoms with Crippen LogP contribution in [0.4, 0.5) is 5.69 Å². The molecule has 0 aliphatic heterocycles. The minimum absolute atomic E-state index is 0.412. The molecule has 2 aromatic rings. The zero-order valence-corrected chi connectivity index (χ0v) is 14.5. The average Bonchev–Trinajstić information content (AvgIpc) is 3.08. The Labute approximate surface area is 142 Å². The summed E-state index contributed by atoms with van der Waals surface area (Å²) in [5, 5.41) is 10.4. The predicted molar refractivity (Wildman–Crippen MR) is 93.9 cm³/mol. The number of methoxy groups -OCH3 is 2. The molecule has 130 valence electrons. The highest BCUT2D eigenvalue weighted by atomic mass is 16.5. The number of hydrogen-bond donors (Lipinski definition) is 2. The van der Waals surface area contributed by atoms with Crippen LogP contribution in [0, 0.1) is 0 Å². The van der Waals surface area contributed by atoms with E-state index in [9.17, 15) is 0 Å². The van der Waals surface area contributed by atoms with Gasteiger partial charge in [0, 0.05) is 24.4 Å². The van der Waals surface area contributed by atoms with Crippen LogP contribution in [0.25, 0.3) is 0 Å². The number of rotatable bonds is 7. The zero-order chi connectivity index (χ0) is 17.4. The standard InChI is InChI=1S/C17H24N4O3/c1-5-12-9-14(24-21-12)11-19-17(18-6-2)20-13-7-8-15(22-3)16(10-13)23-4/h7-10H,5-6,11H2,1-4H3,(H2,18,19,20). The fourth-order valence-electron chi connectivity index (χ4n) is 2.11. The molecule has 0 saturated heterocycles. The molecular weight excluding hydrogens is 308 g/mol. The third-order valence-corrected chi connectivity index (χ3v) is 3.35. The normalized spacial score (nSPS) is 11.2. The maximum atomic E-state index is 5.31. The van der Waals surface area contributed by atoms with Crippen molar-refractivity contribution >= 4 is 11.6 Å². The van der Waals surface area contributed by atoms with E-state index in [1.807, 2.05) is 38.1 Å². The smallest absolute Gasteiger partial charge is 0.196 e. The second kappa shape index (κ2) is 8.81. The van der Waals surface area contributed by atoms with Gasteiger partial charge in [-0.1, -0.05) is 12.1 Å². The first-order valence-corrected chi connectivity index (χ1v) is 7.92. The summed E-state index contributed by atoms with van der Waals surface area (Å²) in [4.78, 5) is 4.51. The molecule has 2 N–H and O–H groups in total. The molecule has 1 aromatic heterocycles. The van der Waals surface area contributed by atoms with Crippen LogP contribution in [0.1, 0.15) is 25.3 Å². The molecule has 1 aromatic carbocycles. The van der Waals surface area contributed by atoms with E-state index in [0.29, 0.717) is 24.0 Å². The van der Waals surface area contributed by atoms with Crippen LogP contribution >= 0.6 is 0 Å². The van der Waals surface area contributed by atoms with Crippen molar-refractivity contribution in [2.24, 2.45) is 4.99 Å². The summed E-state index contributed by atoms with van der Waals surface area (Å²) >= 11 is 0. The second-order valence-corrected chi connectivity index (χ2v) is 5.03. The van der Waals surface area contributed by atoms with Crippen molar-refractivity contribution in [2.75, 3.05) is 26.1 Å². The number of guanidine groups is 1.